The van der Waals surface area contributed by atoms with Crippen molar-refractivity contribution in [3.8, 4) is 0 Å². The molecule has 0 atom stereocenters. The van der Waals surface area contributed by atoms with Gasteiger partial charge in [-0.2, -0.15) is 0 Å². The van der Waals surface area contributed by atoms with Crippen LogP contribution in [0.2, 0.25) is 0 Å². The Balaban J connectivity index is 2.70. The van der Waals surface area contributed by atoms with Gasteiger partial charge in [0.25, 0.3) is 5.56 Å². The summed E-state index contributed by atoms with van der Waals surface area (Å²) < 4.78 is 0.288. The lowest BCUT2D eigenvalue weighted by atomic mass is 10.2. The van der Waals surface area contributed by atoms with Crippen molar-refractivity contribution < 1.29 is 0 Å². The Kier molecular flexibility index (Phi) is 1.84. The lowest BCUT2D eigenvalue weighted by Crippen LogP contribution is -2.10. The zero-order chi connectivity index (χ0) is 11.1. The molecule has 0 amide bonds. The quantitative estimate of drug-likeness (QED) is 0.453. The maximum absolute atomic E-state index is 11.6. The summed E-state index contributed by atoms with van der Waals surface area (Å²) in [6.07, 6.45) is 0. The summed E-state index contributed by atoms with van der Waals surface area (Å²) in [7, 11) is 0. The average molecular weight is 230 g/mol. The highest BCUT2D eigenvalue weighted by molar-refractivity contribution is 7.71. The number of H-pyrrole nitrogens is 2. The van der Waals surface area contributed by atoms with Crippen LogP contribution in [0.4, 0.5) is 0 Å². The van der Waals surface area contributed by atoms with E-state index in [1.807, 2.05) is 24.3 Å². The van der Waals surface area contributed by atoms with Crippen LogP contribution in [0.15, 0.2) is 29.1 Å². The molecule has 0 aliphatic heterocycles. The van der Waals surface area contributed by atoms with Gasteiger partial charge in [-0.1, -0.05) is 18.2 Å². The van der Waals surface area contributed by atoms with Gasteiger partial charge in [0.1, 0.15) is 0 Å². The molecular formula is C10H6N4OS. The second kappa shape index (κ2) is 3.21. The molecule has 0 aliphatic rings. The van der Waals surface area contributed by atoms with Gasteiger partial charge < -0.3 is 4.98 Å². The fourth-order valence-electron chi connectivity index (χ4n) is 1.65. The number of fused-ring (bicyclic) bond motifs is 3. The summed E-state index contributed by atoms with van der Waals surface area (Å²) in [5.74, 6) is 0. The molecule has 3 aromatic rings. The van der Waals surface area contributed by atoms with Crippen molar-refractivity contribution in [3.63, 3.8) is 0 Å². The predicted molar refractivity (Wildman–Crippen MR) is 62.8 cm³/mol. The average Bonchev–Trinajstić information content (AvgIpc) is 2.28. The number of aromatic nitrogens is 4. The summed E-state index contributed by atoms with van der Waals surface area (Å²) in [6, 6.07) is 7.45. The second-order valence-corrected chi connectivity index (χ2v) is 3.76. The van der Waals surface area contributed by atoms with Gasteiger partial charge in [0.05, 0.1) is 11.0 Å². The molecule has 78 valence electrons. The standard InChI is InChI=1S/C10H6N4OS/c15-9-8-7(11-10(16)12-9)5-3-1-2-4-6(5)13-14-8/h1-4H,(H2,11,12,15,16). The monoisotopic (exact) mass is 230 g/mol. The lowest BCUT2D eigenvalue weighted by molar-refractivity contribution is 1.06. The topological polar surface area (TPSA) is 74.4 Å². The normalized spacial score (nSPS) is 11.0. The molecule has 0 spiro atoms. The molecule has 2 heterocycles. The SMILES string of the molecule is O=c1[nH]c(=S)[nH]c2c1nnc1ccccc12. The smallest absolute Gasteiger partial charge is 0.280 e. The number of benzene rings is 1. The van der Waals surface area contributed by atoms with Crippen molar-refractivity contribution >= 4 is 34.2 Å². The first-order valence-corrected chi connectivity index (χ1v) is 5.04. The highest BCUT2D eigenvalue weighted by atomic mass is 32.1. The van der Waals surface area contributed by atoms with Gasteiger partial charge in [0, 0.05) is 5.39 Å². The zero-order valence-corrected chi connectivity index (χ0v) is 8.84. The van der Waals surface area contributed by atoms with E-state index in [1.54, 1.807) is 0 Å². The molecule has 6 heteroatoms. The molecule has 5 nitrogen and oxygen atoms in total. The van der Waals surface area contributed by atoms with Crippen molar-refractivity contribution in [2.45, 2.75) is 0 Å². The molecule has 1 aromatic carbocycles. The Labute approximate surface area is 94.2 Å². The Morgan fingerprint density at radius 3 is 2.81 bits per heavy atom. The third kappa shape index (κ3) is 1.24. The molecule has 0 radical (unpaired) electrons. The van der Waals surface area contributed by atoms with E-state index in [0.717, 1.165) is 10.9 Å². The predicted octanol–water partition coefficient (Wildman–Crippen LogP) is 1.53. The van der Waals surface area contributed by atoms with Crippen LogP contribution in [0.1, 0.15) is 0 Å². The molecule has 0 bridgehead atoms. The van der Waals surface area contributed by atoms with E-state index in [4.69, 9.17) is 12.2 Å². The van der Waals surface area contributed by atoms with Crippen LogP contribution in [-0.4, -0.2) is 20.2 Å². The number of aromatic amines is 2. The Hall–Kier alpha value is -2.08. The van der Waals surface area contributed by atoms with Crippen LogP contribution in [0.25, 0.3) is 21.9 Å². The Morgan fingerprint density at radius 1 is 1.12 bits per heavy atom. The number of nitrogens with zero attached hydrogens (tertiary/aromatic N) is 2. The van der Waals surface area contributed by atoms with Crippen molar-refractivity contribution in [2.75, 3.05) is 0 Å². The first-order chi connectivity index (χ1) is 7.75. The van der Waals surface area contributed by atoms with E-state index in [0.29, 0.717) is 5.52 Å². The summed E-state index contributed by atoms with van der Waals surface area (Å²) >= 11 is 4.93. The summed E-state index contributed by atoms with van der Waals surface area (Å²) in [5, 5.41) is 8.69. The van der Waals surface area contributed by atoms with E-state index < -0.39 is 0 Å². The molecule has 3 rings (SSSR count). The molecule has 2 N–H and O–H groups in total. The minimum atomic E-state index is -0.322. The number of hydrogen-bond acceptors (Lipinski definition) is 4. The van der Waals surface area contributed by atoms with E-state index in [1.165, 1.54) is 0 Å². The molecule has 16 heavy (non-hydrogen) atoms. The Bertz CT molecular complexity index is 805. The van der Waals surface area contributed by atoms with Gasteiger partial charge in [0.15, 0.2) is 10.3 Å². The van der Waals surface area contributed by atoms with Crippen LogP contribution in [0.3, 0.4) is 0 Å². The summed E-state index contributed by atoms with van der Waals surface area (Å²) in [4.78, 5) is 17.0. The van der Waals surface area contributed by atoms with Crippen molar-refractivity contribution in [2.24, 2.45) is 0 Å². The molecule has 0 fully saturated rings. The highest BCUT2D eigenvalue weighted by Crippen LogP contribution is 2.16. The maximum Gasteiger partial charge on any atom is 0.280 e. The van der Waals surface area contributed by atoms with Gasteiger partial charge in [-0.05, 0) is 18.3 Å². The van der Waals surface area contributed by atoms with Crippen LogP contribution in [0, 0.1) is 4.77 Å². The largest absolute Gasteiger partial charge is 0.330 e. The first kappa shape index (κ1) is 9.17. The lowest BCUT2D eigenvalue weighted by Gasteiger charge is -2.00. The van der Waals surface area contributed by atoms with Crippen LogP contribution < -0.4 is 5.56 Å². The first-order valence-electron chi connectivity index (χ1n) is 4.63. The molecular weight excluding hydrogens is 224 g/mol. The zero-order valence-electron chi connectivity index (χ0n) is 8.02. The number of rotatable bonds is 0. The summed E-state index contributed by atoms with van der Waals surface area (Å²) in [5.41, 5.74) is 1.30. The minimum absolute atomic E-state index is 0.271. The van der Waals surface area contributed by atoms with Gasteiger partial charge in [-0.25, -0.2) is 0 Å². The summed E-state index contributed by atoms with van der Waals surface area (Å²) in [6.45, 7) is 0. The molecule has 0 unspecified atom stereocenters. The Morgan fingerprint density at radius 2 is 1.94 bits per heavy atom. The molecule has 0 saturated carbocycles. The number of hydrogen-bond donors (Lipinski definition) is 2. The van der Waals surface area contributed by atoms with Crippen molar-refractivity contribution in [3.05, 3.63) is 39.4 Å². The van der Waals surface area contributed by atoms with Crippen LogP contribution in [0.5, 0.6) is 0 Å². The molecule has 2 aromatic heterocycles. The van der Waals surface area contributed by atoms with Gasteiger partial charge in [-0.15, -0.1) is 10.2 Å². The third-order valence-corrected chi connectivity index (χ3v) is 2.55. The third-order valence-electron chi connectivity index (χ3n) is 2.35. The van der Waals surface area contributed by atoms with Gasteiger partial charge in [0.2, 0.25) is 0 Å². The fourth-order valence-corrected chi connectivity index (χ4v) is 1.84. The minimum Gasteiger partial charge on any atom is -0.330 e. The van der Waals surface area contributed by atoms with E-state index in [9.17, 15) is 4.79 Å². The number of nitrogens with one attached hydrogen (secondary N) is 2. The highest BCUT2D eigenvalue weighted by Gasteiger charge is 2.05. The van der Waals surface area contributed by atoms with Crippen molar-refractivity contribution in [1.29, 1.82) is 0 Å². The van der Waals surface area contributed by atoms with Gasteiger partial charge >= 0.3 is 0 Å². The van der Waals surface area contributed by atoms with Crippen LogP contribution in [-0.2, 0) is 0 Å². The van der Waals surface area contributed by atoms with Crippen molar-refractivity contribution in [1.82, 2.24) is 20.2 Å². The van der Waals surface area contributed by atoms with E-state index in [2.05, 4.69) is 20.2 Å². The van der Waals surface area contributed by atoms with E-state index >= 15 is 0 Å². The maximum atomic E-state index is 11.6. The van der Waals surface area contributed by atoms with Gasteiger partial charge in [-0.3, -0.25) is 9.78 Å². The fraction of sp³-hybridized carbons (Fsp3) is 0. The van der Waals surface area contributed by atoms with Crippen LogP contribution >= 0.6 is 12.2 Å². The van der Waals surface area contributed by atoms with E-state index in [-0.39, 0.29) is 15.8 Å². The molecule has 0 aliphatic carbocycles. The second-order valence-electron chi connectivity index (χ2n) is 3.35. The molecule has 0 saturated heterocycles.